The number of aromatic nitrogens is 1. The Morgan fingerprint density at radius 1 is 1.23 bits per heavy atom. The molecule has 1 fully saturated rings. The van der Waals surface area contributed by atoms with E-state index >= 15 is 0 Å². The highest BCUT2D eigenvalue weighted by Gasteiger charge is 2.37. The third-order valence-corrected chi connectivity index (χ3v) is 4.83. The topological polar surface area (TPSA) is 59.5 Å². The molecule has 1 atom stereocenters. The normalized spacial score (nSPS) is 15.0. The van der Waals surface area contributed by atoms with Crippen LogP contribution < -0.4 is 0 Å². The molecule has 1 aliphatic carbocycles. The number of carbonyl (C=O) groups is 1. The monoisotopic (exact) mass is 350 g/mol. The molecule has 0 aliphatic heterocycles. The van der Waals surface area contributed by atoms with Gasteiger partial charge in [-0.05, 0) is 51.0 Å². The zero-order chi connectivity index (χ0) is 18.1. The van der Waals surface area contributed by atoms with Gasteiger partial charge in [-0.1, -0.05) is 18.2 Å². The molecule has 2 aromatic heterocycles. The molecule has 0 unspecified atom stereocenters. The smallest absolute Gasteiger partial charge is 0.229 e. The lowest BCUT2D eigenvalue weighted by atomic mass is 10.1. The summed E-state index contributed by atoms with van der Waals surface area (Å²) in [6.07, 6.45) is 3.98. The lowest BCUT2D eigenvalue weighted by molar-refractivity contribution is -0.133. The lowest BCUT2D eigenvalue weighted by Crippen LogP contribution is -2.36. The number of amides is 1. The van der Waals surface area contributed by atoms with Crippen molar-refractivity contribution in [2.24, 2.45) is 0 Å². The molecule has 0 radical (unpaired) electrons. The van der Waals surface area contributed by atoms with Crippen molar-refractivity contribution in [2.75, 3.05) is 0 Å². The highest BCUT2D eigenvalue weighted by atomic mass is 16.4. The summed E-state index contributed by atoms with van der Waals surface area (Å²) < 4.78 is 11.3. The Bertz CT molecular complexity index is 879. The summed E-state index contributed by atoms with van der Waals surface area (Å²) in [4.78, 5) is 19.5. The minimum atomic E-state index is -0.0780. The molecule has 0 N–H and O–H groups in total. The molecule has 4 rings (SSSR count). The second-order valence-electron chi connectivity index (χ2n) is 6.79. The first-order valence-corrected chi connectivity index (χ1v) is 9.00. The number of rotatable bonds is 6. The van der Waals surface area contributed by atoms with Crippen LogP contribution in [-0.4, -0.2) is 21.8 Å². The van der Waals surface area contributed by atoms with Crippen LogP contribution in [-0.2, 0) is 11.2 Å². The maximum absolute atomic E-state index is 13.0. The highest BCUT2D eigenvalue weighted by molar-refractivity contribution is 5.79. The van der Waals surface area contributed by atoms with Crippen molar-refractivity contribution in [2.45, 2.75) is 45.2 Å². The second-order valence-corrected chi connectivity index (χ2v) is 6.79. The molecule has 1 aliphatic rings. The molecule has 1 aromatic carbocycles. The number of hydrogen-bond donors (Lipinski definition) is 0. The molecule has 0 saturated heterocycles. The van der Waals surface area contributed by atoms with Crippen LogP contribution in [0.4, 0.5) is 0 Å². The van der Waals surface area contributed by atoms with Crippen molar-refractivity contribution in [1.29, 1.82) is 0 Å². The van der Waals surface area contributed by atoms with E-state index in [1.54, 1.807) is 6.26 Å². The molecule has 26 heavy (non-hydrogen) atoms. The summed E-state index contributed by atoms with van der Waals surface area (Å²) in [6.45, 7) is 3.87. The standard InChI is InChI=1S/C21H22N2O3/c1-14(19-9-6-12-25-19)23(17-10-11-17)20(24)13-18-15(2)26-21(22-18)16-7-4-3-5-8-16/h3-9,12,14,17H,10-11,13H2,1-2H3/t14-/m1/s1. The van der Waals surface area contributed by atoms with Crippen molar-refractivity contribution >= 4 is 5.91 Å². The van der Waals surface area contributed by atoms with Gasteiger partial charge in [0.15, 0.2) is 0 Å². The summed E-state index contributed by atoms with van der Waals surface area (Å²) in [5.74, 6) is 2.13. The van der Waals surface area contributed by atoms with E-state index in [1.807, 2.05) is 61.2 Å². The number of benzene rings is 1. The average molecular weight is 350 g/mol. The molecule has 5 heteroatoms. The van der Waals surface area contributed by atoms with E-state index in [-0.39, 0.29) is 18.4 Å². The van der Waals surface area contributed by atoms with Gasteiger partial charge in [-0.25, -0.2) is 4.98 Å². The molecule has 2 heterocycles. The van der Waals surface area contributed by atoms with Gasteiger partial charge in [-0.2, -0.15) is 0 Å². The first kappa shape index (κ1) is 16.6. The molecule has 5 nitrogen and oxygen atoms in total. The van der Waals surface area contributed by atoms with Crippen molar-refractivity contribution in [3.63, 3.8) is 0 Å². The molecular weight excluding hydrogens is 328 g/mol. The second kappa shape index (κ2) is 6.83. The first-order valence-electron chi connectivity index (χ1n) is 9.00. The number of oxazole rings is 1. The van der Waals surface area contributed by atoms with Crippen LogP contribution in [0.15, 0.2) is 57.6 Å². The molecular formula is C21H22N2O3. The van der Waals surface area contributed by atoms with Crippen LogP contribution in [0.3, 0.4) is 0 Å². The van der Waals surface area contributed by atoms with Gasteiger partial charge in [-0.3, -0.25) is 4.79 Å². The van der Waals surface area contributed by atoms with Crippen molar-refractivity contribution in [1.82, 2.24) is 9.88 Å². The molecule has 0 bridgehead atoms. The largest absolute Gasteiger partial charge is 0.467 e. The van der Waals surface area contributed by atoms with Crippen molar-refractivity contribution < 1.29 is 13.6 Å². The van der Waals surface area contributed by atoms with Crippen LogP contribution in [0.1, 0.15) is 43.0 Å². The zero-order valence-electron chi connectivity index (χ0n) is 15.0. The summed E-state index contributed by atoms with van der Waals surface area (Å²) in [7, 11) is 0. The summed E-state index contributed by atoms with van der Waals surface area (Å²) in [5.41, 5.74) is 1.61. The lowest BCUT2D eigenvalue weighted by Gasteiger charge is -2.28. The fourth-order valence-corrected chi connectivity index (χ4v) is 3.29. The maximum Gasteiger partial charge on any atom is 0.229 e. The van der Waals surface area contributed by atoms with Crippen LogP contribution in [0, 0.1) is 6.92 Å². The van der Waals surface area contributed by atoms with Crippen molar-refractivity contribution in [3.05, 3.63) is 65.9 Å². The van der Waals surface area contributed by atoms with E-state index in [2.05, 4.69) is 4.98 Å². The Hall–Kier alpha value is -2.82. The fourth-order valence-electron chi connectivity index (χ4n) is 3.29. The first-order chi connectivity index (χ1) is 12.6. The van der Waals surface area contributed by atoms with Crippen LogP contribution in [0.2, 0.25) is 0 Å². The van der Waals surface area contributed by atoms with Crippen molar-refractivity contribution in [3.8, 4) is 11.5 Å². The quantitative estimate of drug-likeness (QED) is 0.655. The van der Waals surface area contributed by atoms with Gasteiger partial charge >= 0.3 is 0 Å². The van der Waals surface area contributed by atoms with Gasteiger partial charge < -0.3 is 13.7 Å². The Kier molecular flexibility index (Phi) is 4.37. The zero-order valence-corrected chi connectivity index (χ0v) is 15.0. The Morgan fingerprint density at radius 2 is 2.00 bits per heavy atom. The fraction of sp³-hybridized carbons (Fsp3) is 0.333. The van der Waals surface area contributed by atoms with E-state index in [1.165, 1.54) is 0 Å². The minimum absolute atomic E-state index is 0.0624. The van der Waals surface area contributed by atoms with Crippen LogP contribution in [0.5, 0.6) is 0 Å². The van der Waals surface area contributed by atoms with Gasteiger partial charge in [0, 0.05) is 11.6 Å². The summed E-state index contributed by atoms with van der Waals surface area (Å²) >= 11 is 0. The third kappa shape index (κ3) is 3.29. The third-order valence-electron chi connectivity index (χ3n) is 4.83. The van der Waals surface area contributed by atoms with E-state index < -0.39 is 0 Å². The van der Waals surface area contributed by atoms with Gasteiger partial charge in [0.05, 0.1) is 24.4 Å². The molecule has 1 saturated carbocycles. The Labute approximate surface area is 152 Å². The van der Waals surface area contributed by atoms with Crippen LogP contribution in [0.25, 0.3) is 11.5 Å². The number of nitrogens with zero attached hydrogens (tertiary/aromatic N) is 2. The van der Waals surface area contributed by atoms with Gasteiger partial charge in [-0.15, -0.1) is 0 Å². The average Bonchev–Trinajstić information content (AvgIpc) is 3.18. The van der Waals surface area contributed by atoms with Gasteiger partial charge in [0.25, 0.3) is 0 Å². The highest BCUT2D eigenvalue weighted by Crippen LogP contribution is 2.35. The van der Waals surface area contributed by atoms with E-state index in [0.717, 1.165) is 24.2 Å². The number of hydrogen-bond acceptors (Lipinski definition) is 4. The molecule has 1 amide bonds. The van der Waals surface area contributed by atoms with Crippen LogP contribution >= 0.6 is 0 Å². The Morgan fingerprint density at radius 3 is 2.65 bits per heavy atom. The number of aryl methyl sites for hydroxylation is 1. The maximum atomic E-state index is 13.0. The Balaban J connectivity index is 1.54. The summed E-state index contributed by atoms with van der Waals surface area (Å²) in [6, 6.07) is 13.7. The molecule has 134 valence electrons. The molecule has 0 spiro atoms. The van der Waals surface area contributed by atoms with Gasteiger partial charge in [0.1, 0.15) is 11.5 Å². The number of furan rings is 1. The molecule has 3 aromatic rings. The van der Waals surface area contributed by atoms with E-state index in [0.29, 0.717) is 23.4 Å². The van der Waals surface area contributed by atoms with Gasteiger partial charge in [0.2, 0.25) is 11.8 Å². The number of carbonyl (C=O) groups excluding carboxylic acids is 1. The SMILES string of the molecule is Cc1oc(-c2ccccc2)nc1CC(=O)N(C1CC1)[C@H](C)c1ccco1. The predicted molar refractivity (Wildman–Crippen MR) is 97.4 cm³/mol. The minimum Gasteiger partial charge on any atom is -0.467 e. The predicted octanol–water partition coefficient (Wildman–Crippen LogP) is 4.54. The van der Waals surface area contributed by atoms with E-state index in [4.69, 9.17) is 8.83 Å². The summed E-state index contributed by atoms with van der Waals surface area (Å²) in [5, 5.41) is 0. The van der Waals surface area contributed by atoms with E-state index in [9.17, 15) is 4.79 Å².